The van der Waals surface area contributed by atoms with Gasteiger partial charge in [-0.05, 0) is 62.8 Å². The van der Waals surface area contributed by atoms with Gasteiger partial charge in [0.05, 0.1) is 19.2 Å². The minimum atomic E-state index is -4.66. The number of halogens is 3. The zero-order chi connectivity index (χ0) is 50.1. The molecule has 4 aliphatic rings. The minimum absolute atomic E-state index is 0.00126. The summed E-state index contributed by atoms with van der Waals surface area (Å²) in [6, 6.07) is 12.4. The predicted molar refractivity (Wildman–Crippen MR) is 245 cm³/mol. The van der Waals surface area contributed by atoms with E-state index in [1.165, 1.54) is 23.1 Å². The third-order valence-electron chi connectivity index (χ3n) is 13.1. The number of amides is 2. The molecule has 6 rings (SSSR count). The van der Waals surface area contributed by atoms with Crippen molar-refractivity contribution >= 4 is 35.8 Å². The summed E-state index contributed by atoms with van der Waals surface area (Å²) >= 11 is 0. The molecule has 4 fully saturated rings. The summed E-state index contributed by atoms with van der Waals surface area (Å²) < 4.78 is 67.6. The van der Waals surface area contributed by atoms with Crippen molar-refractivity contribution in [2.24, 2.45) is 5.41 Å². The number of aliphatic hydroxyl groups is 1. The highest BCUT2D eigenvalue weighted by Gasteiger charge is 2.76. The average Bonchev–Trinajstić information content (AvgIpc) is 3.86. The molecule has 3 saturated heterocycles. The molecule has 3 aliphatic heterocycles. The highest BCUT2D eigenvalue weighted by Crippen LogP contribution is 2.58. The van der Waals surface area contributed by atoms with Crippen molar-refractivity contribution in [1.82, 2.24) is 15.3 Å². The van der Waals surface area contributed by atoms with E-state index in [0.29, 0.717) is 24.0 Å². The predicted octanol–water partition coefficient (Wildman–Crippen LogP) is 6.91. The fraction of sp³-hybridized carbons (Fsp3) is 0.627. The van der Waals surface area contributed by atoms with E-state index in [1.54, 1.807) is 45.0 Å². The van der Waals surface area contributed by atoms with Crippen molar-refractivity contribution in [3.63, 3.8) is 0 Å². The number of hydrogen-bond donors (Lipinski definition) is 2. The Bertz CT molecular complexity index is 2110. The second-order valence-electron chi connectivity index (χ2n) is 19.6. The van der Waals surface area contributed by atoms with E-state index in [2.05, 4.69) is 23.9 Å². The van der Waals surface area contributed by atoms with E-state index in [4.69, 9.17) is 23.8 Å². The zero-order valence-electron chi connectivity index (χ0n) is 40.5. The second kappa shape index (κ2) is 22.9. The number of ether oxygens (including phenoxy) is 5. The summed E-state index contributed by atoms with van der Waals surface area (Å²) in [7, 11) is 1.51. The topological polar surface area (TPSA) is 179 Å². The van der Waals surface area contributed by atoms with Gasteiger partial charge in [0.15, 0.2) is 18.4 Å². The van der Waals surface area contributed by atoms with Crippen LogP contribution in [0, 0.1) is 5.41 Å². The maximum atomic E-state index is 15.8. The first kappa shape index (κ1) is 53.5. The first-order valence-corrected chi connectivity index (χ1v) is 24.2. The molecule has 1 aliphatic carbocycles. The lowest BCUT2D eigenvalue weighted by atomic mass is 9.62. The second-order valence-corrected chi connectivity index (χ2v) is 19.6. The third-order valence-corrected chi connectivity index (χ3v) is 13.1. The Balaban J connectivity index is 1.34. The van der Waals surface area contributed by atoms with E-state index in [0.717, 1.165) is 50.2 Å². The Hall–Kier alpha value is -4.88. The van der Waals surface area contributed by atoms with Crippen LogP contribution in [0.25, 0.3) is 6.08 Å². The summed E-state index contributed by atoms with van der Waals surface area (Å²) in [5.74, 6) is -4.53. The Morgan fingerprint density at radius 2 is 1.59 bits per heavy atom. The van der Waals surface area contributed by atoms with E-state index >= 15 is 4.79 Å². The Morgan fingerprint density at radius 1 is 0.942 bits per heavy atom. The lowest BCUT2D eigenvalue weighted by Crippen LogP contribution is -2.70. The molecule has 380 valence electrons. The summed E-state index contributed by atoms with van der Waals surface area (Å²) in [6.45, 7) is 7.22. The maximum Gasteiger partial charge on any atom is 0.422 e. The van der Waals surface area contributed by atoms with Gasteiger partial charge in [0.25, 0.3) is 0 Å². The molecular weight excluding hydrogens is 904 g/mol. The summed E-state index contributed by atoms with van der Waals surface area (Å²) in [4.78, 5) is 77.7. The monoisotopic (exact) mass is 971 g/mol. The minimum Gasteiger partial charge on any atom is -0.460 e. The summed E-state index contributed by atoms with van der Waals surface area (Å²) in [5.41, 5.74) is -0.542. The van der Waals surface area contributed by atoms with Crippen LogP contribution in [0.2, 0.25) is 0 Å². The van der Waals surface area contributed by atoms with Crippen LogP contribution >= 0.6 is 0 Å². The molecule has 2 amide bonds. The molecule has 69 heavy (non-hydrogen) atoms. The largest absolute Gasteiger partial charge is 0.460 e. The van der Waals surface area contributed by atoms with Crippen LogP contribution in [0.3, 0.4) is 0 Å². The van der Waals surface area contributed by atoms with Crippen molar-refractivity contribution in [1.29, 1.82) is 0 Å². The van der Waals surface area contributed by atoms with Crippen molar-refractivity contribution < 1.29 is 70.8 Å². The van der Waals surface area contributed by atoms with Crippen molar-refractivity contribution in [2.45, 2.75) is 178 Å². The molecule has 2 aromatic rings. The SMILES string of the molecule is CCCCCC1(CCCCC)OC2C3CC4(C(=O)N(C)C(Cc5ccccc5)C(=O)NC(CO)CCC(=O)OC(C)(C)C)C(ON(Cc5ccc(C=CC(=O)OCC(F)(F)F)cc5)C4C(=O)O3)C2O1. The molecule has 8 atom stereocenters. The van der Waals surface area contributed by atoms with Gasteiger partial charge in [-0.3, -0.25) is 24.0 Å². The summed E-state index contributed by atoms with van der Waals surface area (Å²) in [5, 5.41) is 14.7. The molecule has 18 heteroatoms. The number of esters is 3. The first-order valence-electron chi connectivity index (χ1n) is 24.2. The molecule has 8 unspecified atom stereocenters. The third kappa shape index (κ3) is 13.3. The van der Waals surface area contributed by atoms with Crippen molar-refractivity contribution in [3.05, 3.63) is 77.4 Å². The van der Waals surface area contributed by atoms with Crippen LogP contribution in [-0.4, -0.2) is 125 Å². The van der Waals surface area contributed by atoms with Gasteiger partial charge >= 0.3 is 24.1 Å². The quantitative estimate of drug-likeness (QED) is 0.0508. The van der Waals surface area contributed by atoms with Crippen LogP contribution in [0.4, 0.5) is 13.2 Å². The van der Waals surface area contributed by atoms with Crippen LogP contribution in [-0.2, 0) is 65.5 Å². The highest BCUT2D eigenvalue weighted by molar-refractivity contribution is 5.96. The molecule has 0 radical (unpaired) electrons. The van der Waals surface area contributed by atoms with E-state index < -0.39 is 108 Å². The number of hydrogen-bond acceptors (Lipinski definition) is 13. The number of unbranched alkanes of at least 4 members (excludes halogenated alkanes) is 4. The van der Waals surface area contributed by atoms with Gasteiger partial charge in [0, 0.05) is 45.2 Å². The Kier molecular flexibility index (Phi) is 17.8. The molecule has 3 heterocycles. The van der Waals surface area contributed by atoms with Crippen LogP contribution in [0.5, 0.6) is 0 Å². The number of benzene rings is 2. The summed E-state index contributed by atoms with van der Waals surface area (Å²) in [6.07, 6.45) is 0.637. The first-order chi connectivity index (χ1) is 32.7. The molecule has 2 bridgehead atoms. The highest BCUT2D eigenvalue weighted by atomic mass is 19.4. The van der Waals surface area contributed by atoms with E-state index in [1.807, 2.05) is 30.3 Å². The fourth-order valence-corrected chi connectivity index (χ4v) is 9.86. The number of rotatable bonds is 23. The van der Waals surface area contributed by atoms with E-state index in [-0.39, 0.29) is 32.2 Å². The molecule has 1 saturated carbocycles. The van der Waals surface area contributed by atoms with Crippen LogP contribution < -0.4 is 5.32 Å². The van der Waals surface area contributed by atoms with Gasteiger partial charge in [-0.25, -0.2) is 4.79 Å². The van der Waals surface area contributed by atoms with Crippen LogP contribution in [0.15, 0.2) is 60.7 Å². The van der Waals surface area contributed by atoms with Gasteiger partial charge in [0.1, 0.15) is 41.5 Å². The number of carbonyl (C=O) groups is 5. The lowest BCUT2D eigenvalue weighted by Gasteiger charge is -2.50. The maximum absolute atomic E-state index is 15.8. The molecule has 15 nitrogen and oxygen atoms in total. The molecule has 2 N–H and O–H groups in total. The van der Waals surface area contributed by atoms with Gasteiger partial charge < -0.3 is 39.0 Å². The van der Waals surface area contributed by atoms with Gasteiger partial charge in [-0.1, -0.05) is 94.1 Å². The fourth-order valence-electron chi connectivity index (χ4n) is 9.86. The van der Waals surface area contributed by atoms with Crippen molar-refractivity contribution in [3.8, 4) is 0 Å². The van der Waals surface area contributed by atoms with Crippen molar-refractivity contribution in [2.75, 3.05) is 20.3 Å². The number of carbonyl (C=O) groups excluding carboxylic acids is 5. The molecule has 0 aromatic heterocycles. The molecule has 2 aromatic carbocycles. The number of hydroxylamine groups is 2. The normalized spacial score (nSPS) is 24.8. The van der Waals surface area contributed by atoms with Crippen LogP contribution in [0.1, 0.15) is 122 Å². The number of fused-ring (bicyclic) bond motifs is 4. The van der Waals surface area contributed by atoms with E-state index in [9.17, 15) is 37.5 Å². The van der Waals surface area contributed by atoms with Gasteiger partial charge in [0.2, 0.25) is 11.8 Å². The number of alkyl halides is 3. The van der Waals surface area contributed by atoms with Gasteiger partial charge in [-0.15, -0.1) is 0 Å². The molecule has 0 spiro atoms. The Labute approximate surface area is 402 Å². The number of likely N-dealkylation sites (N-methyl/N-ethyl adjacent to an activating group) is 1. The smallest absolute Gasteiger partial charge is 0.422 e. The number of nitrogens with zero attached hydrogens (tertiary/aromatic N) is 2. The number of nitrogens with one attached hydrogen (secondary N) is 1. The Morgan fingerprint density at radius 3 is 2.20 bits per heavy atom. The molecular formula is C51H68F3N3O12. The standard InChI is InChI=1S/C51H68F3N3O12/c1-7-9-14-26-49(27-15-10-8-2)67-41-38-29-50(47(63)56(6)37(28-34-16-12-11-13-17-34)45(61)55-36(31-58)23-25-40(60)66-48(3,4)5)43(46(62)65-38)57(69-44(50)42(41)68-49)30-35-20-18-33(19-21-35)22-24-39(59)64-32-51(52,53)54/h11-13,16-22,24,36-38,41-44,58H,7-10,14-15,23,25-32H2,1-6H3,(H,55,61). The zero-order valence-corrected chi connectivity index (χ0v) is 40.5. The average molecular weight is 972 g/mol. The number of aliphatic hydroxyl groups excluding tert-OH is 1. The van der Waals surface area contributed by atoms with Gasteiger partial charge in [-0.2, -0.15) is 18.2 Å². The lowest BCUT2D eigenvalue weighted by molar-refractivity contribution is -0.225.